The molecule has 1 saturated carbocycles. The molecule has 116 valence electrons. The van der Waals surface area contributed by atoms with Gasteiger partial charge in [0.2, 0.25) is 0 Å². The van der Waals surface area contributed by atoms with Crippen molar-refractivity contribution in [3.05, 3.63) is 28.5 Å². The van der Waals surface area contributed by atoms with Gasteiger partial charge in [0.05, 0.1) is 18.2 Å². The monoisotopic (exact) mass is 357 g/mol. The Kier molecular flexibility index (Phi) is 5.62. The van der Waals surface area contributed by atoms with Gasteiger partial charge in [0.1, 0.15) is 5.82 Å². The number of ether oxygens (including phenoxy) is 1. The van der Waals surface area contributed by atoms with Crippen LogP contribution in [0.2, 0.25) is 0 Å². The van der Waals surface area contributed by atoms with E-state index in [0.29, 0.717) is 23.1 Å². The first-order valence-corrected chi connectivity index (χ1v) is 8.14. The Bertz CT molecular complexity index is 501. The van der Waals surface area contributed by atoms with Gasteiger partial charge in [0.25, 0.3) is 0 Å². The molecule has 1 aromatic carbocycles. The number of halogens is 2. The van der Waals surface area contributed by atoms with Gasteiger partial charge in [-0.25, -0.2) is 4.39 Å². The van der Waals surface area contributed by atoms with Crippen LogP contribution in [0.25, 0.3) is 0 Å². The summed E-state index contributed by atoms with van der Waals surface area (Å²) in [5.41, 5.74) is 0.0697. The third-order valence-electron chi connectivity index (χ3n) is 4.28. The van der Waals surface area contributed by atoms with Crippen LogP contribution >= 0.6 is 15.9 Å². The molecular formula is C16H21BrFNO2. The molecule has 0 aliphatic heterocycles. The molecule has 0 radical (unpaired) electrons. The van der Waals surface area contributed by atoms with Crippen molar-refractivity contribution in [3.63, 3.8) is 0 Å². The minimum Gasteiger partial charge on any atom is -0.469 e. The molecule has 21 heavy (non-hydrogen) atoms. The van der Waals surface area contributed by atoms with Crippen LogP contribution in [0, 0.1) is 11.2 Å². The van der Waals surface area contributed by atoms with Crippen molar-refractivity contribution in [1.29, 1.82) is 0 Å². The van der Waals surface area contributed by atoms with Crippen LogP contribution in [-0.4, -0.2) is 19.6 Å². The molecule has 0 saturated heterocycles. The van der Waals surface area contributed by atoms with E-state index < -0.39 is 5.41 Å². The molecule has 3 nitrogen and oxygen atoms in total. The van der Waals surface area contributed by atoms with Gasteiger partial charge in [-0.15, -0.1) is 0 Å². The normalized spacial score (nSPS) is 17.3. The molecule has 1 aliphatic carbocycles. The highest BCUT2D eigenvalue weighted by Crippen LogP contribution is 2.40. The number of hydrogen-bond donors (Lipinski definition) is 1. The van der Waals surface area contributed by atoms with E-state index in [9.17, 15) is 9.18 Å². The van der Waals surface area contributed by atoms with Crippen LogP contribution in [-0.2, 0) is 9.53 Å². The van der Waals surface area contributed by atoms with Gasteiger partial charge in [-0.1, -0.05) is 35.2 Å². The summed E-state index contributed by atoms with van der Waals surface area (Å²) in [7, 11) is 1.44. The summed E-state index contributed by atoms with van der Waals surface area (Å²) in [6.45, 7) is 0.563. The first kappa shape index (κ1) is 16.3. The maximum absolute atomic E-state index is 13.8. The number of esters is 1. The number of carbonyl (C=O) groups excluding carboxylic acids is 1. The number of anilines is 1. The summed E-state index contributed by atoms with van der Waals surface area (Å²) in [4.78, 5) is 12.1. The average Bonchev–Trinajstić information content (AvgIpc) is 2.49. The topological polar surface area (TPSA) is 38.3 Å². The van der Waals surface area contributed by atoms with Crippen LogP contribution in [0.4, 0.5) is 10.1 Å². The first-order chi connectivity index (χ1) is 10.1. The van der Waals surface area contributed by atoms with Crippen LogP contribution in [0.1, 0.15) is 38.5 Å². The number of rotatable bonds is 5. The van der Waals surface area contributed by atoms with E-state index in [-0.39, 0.29) is 11.8 Å². The molecule has 0 heterocycles. The Morgan fingerprint density at radius 1 is 1.38 bits per heavy atom. The lowest BCUT2D eigenvalue weighted by Crippen LogP contribution is -2.36. The van der Waals surface area contributed by atoms with Gasteiger partial charge in [-0.05, 0) is 37.5 Å². The molecule has 0 bridgehead atoms. The summed E-state index contributed by atoms with van der Waals surface area (Å²) < 4.78 is 19.5. The molecule has 1 N–H and O–H groups in total. The number of nitrogens with one attached hydrogen (secondary N) is 1. The second kappa shape index (κ2) is 7.25. The molecule has 0 aromatic heterocycles. The lowest BCUT2D eigenvalue weighted by Gasteiger charge is -2.34. The Balaban J connectivity index is 1.97. The van der Waals surface area contributed by atoms with Crippen LogP contribution in [0.15, 0.2) is 22.7 Å². The fraction of sp³-hybridized carbons (Fsp3) is 0.562. The zero-order chi connectivity index (χ0) is 15.3. The standard InChI is InChI=1S/C16H21BrFNO2/c1-21-15(20)16(7-3-2-4-8-16)9-10-19-14-6-5-12(17)11-13(14)18/h5-6,11,19H,2-4,7-10H2,1H3. The Hall–Kier alpha value is -1.10. The van der Waals surface area contributed by atoms with Crippen LogP contribution in [0.5, 0.6) is 0 Å². The zero-order valence-corrected chi connectivity index (χ0v) is 13.8. The van der Waals surface area contributed by atoms with Crippen molar-refractivity contribution in [2.75, 3.05) is 19.0 Å². The van der Waals surface area contributed by atoms with E-state index in [1.807, 2.05) is 0 Å². The minimum atomic E-state index is -0.397. The number of hydrogen-bond acceptors (Lipinski definition) is 3. The van der Waals surface area contributed by atoms with E-state index in [4.69, 9.17) is 4.74 Å². The predicted octanol–water partition coefficient (Wildman–Crippen LogP) is 4.51. The third-order valence-corrected chi connectivity index (χ3v) is 4.77. The smallest absolute Gasteiger partial charge is 0.311 e. The van der Waals surface area contributed by atoms with Gasteiger partial charge < -0.3 is 10.1 Å². The van der Waals surface area contributed by atoms with Crippen molar-refractivity contribution >= 4 is 27.6 Å². The molecule has 1 aliphatic rings. The van der Waals surface area contributed by atoms with E-state index in [1.54, 1.807) is 12.1 Å². The van der Waals surface area contributed by atoms with Crippen molar-refractivity contribution in [2.45, 2.75) is 38.5 Å². The number of benzene rings is 1. The Labute approximate surface area is 133 Å². The Morgan fingerprint density at radius 3 is 2.71 bits per heavy atom. The summed E-state index contributed by atoms with van der Waals surface area (Å²) in [5.74, 6) is -0.416. The first-order valence-electron chi connectivity index (χ1n) is 7.35. The third kappa shape index (κ3) is 3.96. The quantitative estimate of drug-likeness (QED) is 0.787. The largest absolute Gasteiger partial charge is 0.469 e. The highest BCUT2D eigenvalue weighted by molar-refractivity contribution is 9.10. The second-order valence-corrected chi connectivity index (χ2v) is 6.55. The lowest BCUT2D eigenvalue weighted by atomic mass is 9.72. The fourth-order valence-electron chi connectivity index (χ4n) is 3.07. The van der Waals surface area contributed by atoms with Crippen molar-refractivity contribution in [3.8, 4) is 0 Å². The summed E-state index contributed by atoms with van der Waals surface area (Å²) in [5, 5.41) is 3.09. The van der Waals surface area contributed by atoms with Crippen molar-refractivity contribution in [1.82, 2.24) is 0 Å². The molecule has 5 heteroatoms. The molecule has 0 atom stereocenters. The van der Waals surface area contributed by atoms with Gasteiger partial charge >= 0.3 is 5.97 Å². The van der Waals surface area contributed by atoms with E-state index in [0.717, 1.165) is 25.7 Å². The highest BCUT2D eigenvalue weighted by Gasteiger charge is 2.39. The fourth-order valence-corrected chi connectivity index (χ4v) is 3.40. The van der Waals surface area contributed by atoms with E-state index >= 15 is 0 Å². The van der Waals surface area contributed by atoms with Gasteiger partial charge in [-0.2, -0.15) is 0 Å². The SMILES string of the molecule is COC(=O)C1(CCNc2ccc(Br)cc2F)CCCCC1. The minimum absolute atomic E-state index is 0.125. The molecule has 0 spiro atoms. The van der Waals surface area contributed by atoms with Gasteiger partial charge in [-0.3, -0.25) is 4.79 Å². The van der Waals surface area contributed by atoms with E-state index in [2.05, 4.69) is 21.2 Å². The van der Waals surface area contributed by atoms with Crippen LogP contribution in [0.3, 0.4) is 0 Å². The maximum atomic E-state index is 13.8. The van der Waals surface area contributed by atoms with Crippen molar-refractivity contribution in [2.24, 2.45) is 5.41 Å². The molecule has 0 amide bonds. The number of carbonyl (C=O) groups is 1. The van der Waals surface area contributed by atoms with Crippen LogP contribution < -0.4 is 5.32 Å². The maximum Gasteiger partial charge on any atom is 0.311 e. The molecule has 1 aromatic rings. The summed E-state index contributed by atoms with van der Waals surface area (Å²) in [6.07, 6.45) is 5.69. The lowest BCUT2D eigenvalue weighted by molar-refractivity contribution is -0.155. The highest BCUT2D eigenvalue weighted by atomic mass is 79.9. The molecule has 0 unspecified atom stereocenters. The van der Waals surface area contributed by atoms with Gasteiger partial charge in [0.15, 0.2) is 0 Å². The summed E-state index contributed by atoms with van der Waals surface area (Å²) >= 11 is 3.23. The molecular weight excluding hydrogens is 337 g/mol. The molecule has 1 fully saturated rings. The Morgan fingerprint density at radius 2 is 2.10 bits per heavy atom. The van der Waals surface area contributed by atoms with Crippen molar-refractivity contribution < 1.29 is 13.9 Å². The number of methoxy groups -OCH3 is 1. The second-order valence-electron chi connectivity index (χ2n) is 5.63. The van der Waals surface area contributed by atoms with E-state index in [1.165, 1.54) is 19.6 Å². The molecule has 2 rings (SSSR count). The predicted molar refractivity (Wildman–Crippen MR) is 84.7 cm³/mol. The average molecular weight is 358 g/mol. The zero-order valence-electron chi connectivity index (χ0n) is 12.3. The summed E-state index contributed by atoms with van der Waals surface area (Å²) in [6, 6.07) is 4.92. The van der Waals surface area contributed by atoms with Gasteiger partial charge in [0, 0.05) is 11.0 Å².